The molecule has 2 aromatic rings. The Kier molecular flexibility index (Phi) is 6.14. The van der Waals surface area contributed by atoms with E-state index >= 15 is 0 Å². The second-order valence-corrected chi connectivity index (χ2v) is 8.76. The van der Waals surface area contributed by atoms with E-state index in [9.17, 15) is 26.4 Å². The zero-order valence-corrected chi connectivity index (χ0v) is 16.5. The van der Waals surface area contributed by atoms with Gasteiger partial charge >= 0.3 is 6.18 Å². The molecule has 1 heterocycles. The number of nitrogens with one attached hydrogen (secondary N) is 1. The van der Waals surface area contributed by atoms with Crippen molar-refractivity contribution < 1.29 is 26.4 Å². The molecule has 1 aliphatic rings. The van der Waals surface area contributed by atoms with E-state index in [4.69, 9.17) is 5.26 Å². The molecule has 1 aliphatic heterocycles. The van der Waals surface area contributed by atoms with Crippen LogP contribution in [0.2, 0.25) is 0 Å². The highest BCUT2D eigenvalue weighted by molar-refractivity contribution is 7.89. The van der Waals surface area contributed by atoms with Gasteiger partial charge in [0.2, 0.25) is 15.9 Å². The first-order valence-corrected chi connectivity index (χ1v) is 10.5. The summed E-state index contributed by atoms with van der Waals surface area (Å²) < 4.78 is 66.2. The third-order valence-corrected chi connectivity index (χ3v) is 6.87. The van der Waals surface area contributed by atoms with Gasteiger partial charge in [0.25, 0.3) is 0 Å². The Morgan fingerprint density at radius 2 is 1.67 bits per heavy atom. The van der Waals surface area contributed by atoms with Gasteiger partial charge < -0.3 is 5.32 Å². The van der Waals surface area contributed by atoms with Crippen LogP contribution in [0.25, 0.3) is 0 Å². The van der Waals surface area contributed by atoms with Gasteiger partial charge in [-0.25, -0.2) is 8.42 Å². The number of hydrogen-bond acceptors (Lipinski definition) is 4. The van der Waals surface area contributed by atoms with Crippen molar-refractivity contribution in [3.63, 3.8) is 0 Å². The summed E-state index contributed by atoms with van der Waals surface area (Å²) in [6, 6.07) is 12.3. The quantitative estimate of drug-likeness (QED) is 0.791. The number of nitrogens with zero attached hydrogens (tertiary/aromatic N) is 2. The Bertz CT molecular complexity index is 1070. The smallest absolute Gasteiger partial charge is 0.326 e. The van der Waals surface area contributed by atoms with Gasteiger partial charge in [0.1, 0.15) is 0 Å². The van der Waals surface area contributed by atoms with E-state index in [1.54, 1.807) is 24.3 Å². The number of carbonyl (C=O) groups excluding carboxylic acids is 1. The number of sulfonamides is 1. The maximum atomic E-state index is 13.2. The summed E-state index contributed by atoms with van der Waals surface area (Å²) in [5.74, 6) is -0.766. The topological polar surface area (TPSA) is 90.3 Å². The molecular formula is C20H18F3N3O3S. The molecule has 158 valence electrons. The Morgan fingerprint density at radius 1 is 1.07 bits per heavy atom. The first-order chi connectivity index (χ1) is 14.1. The van der Waals surface area contributed by atoms with Crippen molar-refractivity contribution >= 4 is 21.6 Å². The van der Waals surface area contributed by atoms with E-state index in [0.29, 0.717) is 11.3 Å². The highest BCUT2D eigenvalue weighted by Gasteiger charge is 2.40. The average Bonchev–Trinajstić information content (AvgIpc) is 2.74. The molecule has 0 atom stereocenters. The Labute approximate surface area is 172 Å². The van der Waals surface area contributed by atoms with Crippen LogP contribution in [-0.2, 0) is 21.0 Å². The Morgan fingerprint density at radius 3 is 2.23 bits per heavy atom. The summed E-state index contributed by atoms with van der Waals surface area (Å²) >= 11 is 0. The van der Waals surface area contributed by atoms with Gasteiger partial charge in [-0.15, -0.1) is 0 Å². The summed E-state index contributed by atoms with van der Waals surface area (Å²) in [4.78, 5) is 11.7. The van der Waals surface area contributed by atoms with Crippen LogP contribution < -0.4 is 5.32 Å². The van der Waals surface area contributed by atoms with Gasteiger partial charge in [0.15, 0.2) is 0 Å². The van der Waals surface area contributed by atoms with Crippen molar-refractivity contribution in [2.75, 3.05) is 18.4 Å². The molecule has 30 heavy (non-hydrogen) atoms. The lowest BCUT2D eigenvalue weighted by atomic mass is 9.97. The van der Waals surface area contributed by atoms with Gasteiger partial charge in [-0.2, -0.15) is 22.7 Å². The monoisotopic (exact) mass is 437 g/mol. The molecule has 0 aliphatic carbocycles. The summed E-state index contributed by atoms with van der Waals surface area (Å²) in [5.41, 5.74) is -0.246. The maximum absolute atomic E-state index is 13.2. The van der Waals surface area contributed by atoms with Gasteiger partial charge in [-0.05, 0) is 49.2 Å². The molecule has 1 amide bonds. The first kappa shape index (κ1) is 21.8. The second-order valence-electron chi connectivity index (χ2n) is 6.85. The summed E-state index contributed by atoms with van der Waals surface area (Å²) in [6.45, 7) is -0.111. The molecule has 10 heteroatoms. The summed E-state index contributed by atoms with van der Waals surface area (Å²) in [6.07, 6.45) is -4.41. The fourth-order valence-corrected chi connectivity index (χ4v) is 4.98. The van der Waals surface area contributed by atoms with Crippen LogP contribution in [0.15, 0.2) is 53.4 Å². The predicted molar refractivity (Wildman–Crippen MR) is 103 cm³/mol. The average molecular weight is 437 g/mol. The molecule has 0 spiro atoms. The Hall–Kier alpha value is -2.90. The van der Waals surface area contributed by atoms with E-state index in [0.717, 1.165) is 22.5 Å². The van der Waals surface area contributed by atoms with Crippen molar-refractivity contribution in [2.45, 2.75) is 23.9 Å². The van der Waals surface area contributed by atoms with E-state index in [1.807, 2.05) is 6.07 Å². The highest BCUT2D eigenvalue weighted by atomic mass is 32.2. The first-order valence-electron chi connectivity index (χ1n) is 9.10. The molecule has 2 aromatic carbocycles. The number of nitriles is 1. The molecule has 0 unspecified atom stereocenters. The lowest BCUT2D eigenvalue weighted by molar-refractivity contribution is -0.139. The standard InChI is InChI=1S/C20H18F3N3O3S/c21-20(22,23)17-3-1-2-4-18(17)30(28,29)26-11-9-15(10-12-26)19(27)25-16-7-5-14(13-24)6-8-16/h1-8,15H,9-12H2,(H,25,27). The number of piperidine rings is 1. The zero-order chi connectivity index (χ0) is 21.9. The SMILES string of the molecule is N#Cc1ccc(NC(=O)C2CCN(S(=O)(=O)c3ccccc3C(F)(F)F)CC2)cc1. The van der Waals surface area contributed by atoms with Crippen molar-refractivity contribution in [2.24, 2.45) is 5.92 Å². The minimum absolute atomic E-state index is 0.0556. The fourth-order valence-electron chi connectivity index (χ4n) is 3.30. The molecular weight excluding hydrogens is 419 g/mol. The normalized spacial score (nSPS) is 16.1. The molecule has 3 rings (SSSR count). The van der Waals surface area contributed by atoms with Gasteiger partial charge in [-0.3, -0.25) is 4.79 Å². The van der Waals surface area contributed by atoms with Crippen LogP contribution in [0.1, 0.15) is 24.0 Å². The van der Waals surface area contributed by atoms with Crippen LogP contribution >= 0.6 is 0 Å². The van der Waals surface area contributed by atoms with E-state index in [2.05, 4.69) is 5.32 Å². The number of benzene rings is 2. The number of alkyl halides is 3. The number of amides is 1. The number of halogens is 3. The van der Waals surface area contributed by atoms with Crippen molar-refractivity contribution in [1.29, 1.82) is 5.26 Å². The molecule has 0 bridgehead atoms. The van der Waals surface area contributed by atoms with Gasteiger partial charge in [-0.1, -0.05) is 12.1 Å². The predicted octanol–water partition coefficient (Wildman–Crippen LogP) is 3.62. The van der Waals surface area contributed by atoms with E-state index in [1.165, 1.54) is 6.07 Å². The fraction of sp³-hybridized carbons (Fsp3) is 0.300. The van der Waals surface area contributed by atoms with Crippen LogP contribution in [0, 0.1) is 17.2 Å². The number of anilines is 1. The van der Waals surface area contributed by atoms with Crippen molar-refractivity contribution in [3.05, 3.63) is 59.7 Å². The van der Waals surface area contributed by atoms with Crippen molar-refractivity contribution in [1.82, 2.24) is 4.31 Å². The Balaban J connectivity index is 1.68. The zero-order valence-electron chi connectivity index (χ0n) is 15.7. The second kappa shape index (κ2) is 8.45. The summed E-state index contributed by atoms with van der Waals surface area (Å²) in [5, 5.41) is 11.5. The number of hydrogen-bond donors (Lipinski definition) is 1. The number of rotatable bonds is 4. The molecule has 1 saturated heterocycles. The molecule has 6 nitrogen and oxygen atoms in total. The van der Waals surface area contributed by atoms with Crippen LogP contribution in [-0.4, -0.2) is 31.7 Å². The van der Waals surface area contributed by atoms with Gasteiger partial charge in [0, 0.05) is 24.7 Å². The summed E-state index contributed by atoms with van der Waals surface area (Å²) in [7, 11) is -4.34. The molecule has 0 saturated carbocycles. The van der Waals surface area contributed by atoms with Crippen LogP contribution in [0.3, 0.4) is 0 Å². The lowest BCUT2D eigenvalue weighted by Crippen LogP contribution is -2.41. The lowest BCUT2D eigenvalue weighted by Gasteiger charge is -2.31. The highest BCUT2D eigenvalue weighted by Crippen LogP contribution is 2.36. The van der Waals surface area contributed by atoms with E-state index in [-0.39, 0.29) is 31.8 Å². The molecule has 1 N–H and O–H groups in total. The molecule has 1 fully saturated rings. The minimum atomic E-state index is -4.79. The number of carbonyl (C=O) groups is 1. The van der Waals surface area contributed by atoms with Gasteiger partial charge in [0.05, 0.1) is 22.1 Å². The van der Waals surface area contributed by atoms with Crippen LogP contribution in [0.5, 0.6) is 0 Å². The minimum Gasteiger partial charge on any atom is -0.326 e. The third kappa shape index (κ3) is 4.63. The third-order valence-electron chi connectivity index (χ3n) is 4.92. The maximum Gasteiger partial charge on any atom is 0.417 e. The molecule has 0 aromatic heterocycles. The molecule has 0 radical (unpaired) electrons. The van der Waals surface area contributed by atoms with E-state index < -0.39 is 32.6 Å². The van der Waals surface area contributed by atoms with Crippen molar-refractivity contribution in [3.8, 4) is 6.07 Å². The van der Waals surface area contributed by atoms with Crippen LogP contribution in [0.4, 0.5) is 18.9 Å². The largest absolute Gasteiger partial charge is 0.417 e.